The van der Waals surface area contributed by atoms with Crippen molar-refractivity contribution >= 4 is 0 Å². The number of rotatable bonds is 3. The third-order valence-corrected chi connectivity index (χ3v) is 3.32. The van der Waals surface area contributed by atoms with E-state index in [1.54, 1.807) is 18.6 Å². The van der Waals surface area contributed by atoms with Gasteiger partial charge in [0.25, 0.3) is 0 Å². The fraction of sp³-hybridized carbons (Fsp3) is 0. The summed E-state index contributed by atoms with van der Waals surface area (Å²) in [4.78, 5) is 26.5. The smallest absolute Gasteiger partial charge is 0.182 e. The molecule has 4 rings (SSSR count). The van der Waals surface area contributed by atoms with Crippen LogP contribution in [0.25, 0.3) is 34.6 Å². The standard InChI is InChI=1S/C18H12N6.Fe/c1-4-10-19-13(7-1)16-22-17(14-8-2-5-11-20-14)24-18(23-16)15-9-3-6-12-21-15;/h1-12H;. The Morgan fingerprint density at radius 3 is 1.00 bits per heavy atom. The van der Waals surface area contributed by atoms with E-state index in [2.05, 4.69) is 29.9 Å². The molecule has 0 aromatic carbocycles. The number of hydrogen-bond acceptors (Lipinski definition) is 6. The molecule has 0 unspecified atom stereocenters. The van der Waals surface area contributed by atoms with Gasteiger partial charge in [0.1, 0.15) is 17.1 Å². The van der Waals surface area contributed by atoms with Crippen LogP contribution in [0.1, 0.15) is 0 Å². The number of hydrogen-bond donors (Lipinski definition) is 0. The average Bonchev–Trinajstić information content (AvgIpc) is 2.70. The zero-order chi connectivity index (χ0) is 16.2. The average molecular weight is 368 g/mol. The van der Waals surface area contributed by atoms with Crippen molar-refractivity contribution in [3.05, 3.63) is 73.2 Å². The van der Waals surface area contributed by atoms with Crippen molar-refractivity contribution in [2.75, 3.05) is 0 Å². The van der Waals surface area contributed by atoms with E-state index in [0.29, 0.717) is 34.6 Å². The molecule has 0 N–H and O–H groups in total. The maximum Gasteiger partial charge on any atom is 0.182 e. The summed E-state index contributed by atoms with van der Waals surface area (Å²) in [7, 11) is 0. The van der Waals surface area contributed by atoms with Gasteiger partial charge in [0.2, 0.25) is 0 Å². The van der Waals surface area contributed by atoms with Gasteiger partial charge in [-0.3, -0.25) is 15.0 Å². The Balaban J connectivity index is 0.00000182. The van der Waals surface area contributed by atoms with Crippen LogP contribution in [0.15, 0.2) is 73.2 Å². The Morgan fingerprint density at radius 1 is 0.440 bits per heavy atom. The van der Waals surface area contributed by atoms with Crippen molar-refractivity contribution in [2.45, 2.75) is 0 Å². The third-order valence-electron chi connectivity index (χ3n) is 3.32. The Bertz CT molecular complexity index is 809. The minimum atomic E-state index is 0. The minimum Gasteiger partial charge on any atom is -0.253 e. The van der Waals surface area contributed by atoms with Crippen molar-refractivity contribution in [3.63, 3.8) is 0 Å². The summed E-state index contributed by atoms with van der Waals surface area (Å²) in [6, 6.07) is 16.8. The van der Waals surface area contributed by atoms with Gasteiger partial charge in [-0.1, -0.05) is 18.2 Å². The first-order chi connectivity index (χ1) is 11.9. The summed E-state index contributed by atoms with van der Waals surface area (Å²) in [6.07, 6.45) is 5.13. The first-order valence-electron chi connectivity index (χ1n) is 7.40. The van der Waals surface area contributed by atoms with Crippen molar-refractivity contribution in [1.82, 2.24) is 29.9 Å². The molecule has 0 atom stereocenters. The van der Waals surface area contributed by atoms with E-state index < -0.39 is 0 Å². The molecule has 0 aliphatic carbocycles. The van der Waals surface area contributed by atoms with Gasteiger partial charge in [-0.2, -0.15) is 0 Å². The van der Waals surface area contributed by atoms with Gasteiger partial charge in [0.15, 0.2) is 17.5 Å². The molecule has 0 radical (unpaired) electrons. The molecule has 25 heavy (non-hydrogen) atoms. The van der Waals surface area contributed by atoms with Crippen molar-refractivity contribution < 1.29 is 17.1 Å². The van der Waals surface area contributed by atoms with Gasteiger partial charge >= 0.3 is 0 Å². The SMILES string of the molecule is [Fe].c1ccc(-c2nc(-c3ccccn3)nc(-c3ccccn3)n2)nc1. The number of nitrogens with zero attached hydrogens (tertiary/aromatic N) is 6. The van der Waals surface area contributed by atoms with E-state index in [-0.39, 0.29) is 17.1 Å². The second-order valence-electron chi connectivity index (χ2n) is 4.95. The molecule has 122 valence electrons. The van der Waals surface area contributed by atoms with Crippen LogP contribution >= 0.6 is 0 Å². The zero-order valence-corrected chi connectivity index (χ0v) is 14.1. The predicted molar refractivity (Wildman–Crippen MR) is 89.5 cm³/mol. The van der Waals surface area contributed by atoms with E-state index in [9.17, 15) is 0 Å². The molecule has 4 aromatic heterocycles. The molecule has 4 heterocycles. The minimum absolute atomic E-state index is 0. The second kappa shape index (κ2) is 7.70. The van der Waals surface area contributed by atoms with E-state index in [1.165, 1.54) is 0 Å². The molecule has 0 saturated carbocycles. The molecule has 0 saturated heterocycles. The molecule has 7 heteroatoms. The fourth-order valence-corrected chi connectivity index (χ4v) is 2.20. The summed E-state index contributed by atoms with van der Waals surface area (Å²) in [5.74, 6) is 1.48. The summed E-state index contributed by atoms with van der Waals surface area (Å²) in [5, 5.41) is 0. The van der Waals surface area contributed by atoms with Crippen LogP contribution in [-0.2, 0) is 17.1 Å². The second-order valence-corrected chi connectivity index (χ2v) is 4.95. The van der Waals surface area contributed by atoms with Crippen LogP contribution < -0.4 is 0 Å². The van der Waals surface area contributed by atoms with Gasteiger partial charge in [0, 0.05) is 35.7 Å². The summed E-state index contributed by atoms with van der Waals surface area (Å²) < 4.78 is 0. The molecule has 0 aliphatic rings. The first-order valence-corrected chi connectivity index (χ1v) is 7.40. The molecule has 4 aromatic rings. The largest absolute Gasteiger partial charge is 0.253 e. The summed E-state index contributed by atoms with van der Waals surface area (Å²) in [6.45, 7) is 0. The van der Waals surface area contributed by atoms with Gasteiger partial charge in [-0.25, -0.2) is 15.0 Å². The molecule has 0 spiro atoms. The number of pyridine rings is 3. The van der Waals surface area contributed by atoms with Crippen LogP contribution in [0, 0.1) is 0 Å². The topological polar surface area (TPSA) is 77.3 Å². The van der Waals surface area contributed by atoms with Gasteiger partial charge in [-0.05, 0) is 36.4 Å². The molecule has 6 nitrogen and oxygen atoms in total. The van der Waals surface area contributed by atoms with E-state index in [1.807, 2.05) is 54.6 Å². The van der Waals surface area contributed by atoms with Crippen LogP contribution in [0.5, 0.6) is 0 Å². The van der Waals surface area contributed by atoms with Gasteiger partial charge in [0.05, 0.1) is 0 Å². The van der Waals surface area contributed by atoms with Crippen molar-refractivity contribution in [2.24, 2.45) is 0 Å². The van der Waals surface area contributed by atoms with E-state index in [0.717, 1.165) is 0 Å². The third kappa shape index (κ3) is 3.74. The quantitative estimate of drug-likeness (QED) is 0.518. The number of aromatic nitrogens is 6. The fourth-order valence-electron chi connectivity index (χ4n) is 2.20. The molecule has 0 bridgehead atoms. The molecule has 0 aliphatic heterocycles. The Kier molecular flexibility index (Phi) is 5.18. The first kappa shape index (κ1) is 16.8. The molecule has 0 amide bonds. The van der Waals surface area contributed by atoms with Crippen LogP contribution in [-0.4, -0.2) is 29.9 Å². The Morgan fingerprint density at radius 2 is 0.760 bits per heavy atom. The van der Waals surface area contributed by atoms with Crippen molar-refractivity contribution in [3.8, 4) is 34.6 Å². The molecular formula is C18H12FeN6. The van der Waals surface area contributed by atoms with Crippen LogP contribution in [0.4, 0.5) is 0 Å². The predicted octanol–water partition coefficient (Wildman–Crippen LogP) is 3.06. The van der Waals surface area contributed by atoms with Gasteiger partial charge in [-0.15, -0.1) is 0 Å². The Hall–Kier alpha value is -3.02. The maximum absolute atomic E-state index is 4.52. The maximum atomic E-state index is 4.52. The summed E-state index contributed by atoms with van der Waals surface area (Å²) >= 11 is 0. The molecule has 0 fully saturated rings. The summed E-state index contributed by atoms with van der Waals surface area (Å²) in [5.41, 5.74) is 2.03. The van der Waals surface area contributed by atoms with E-state index in [4.69, 9.17) is 0 Å². The Labute approximate surface area is 155 Å². The monoisotopic (exact) mass is 368 g/mol. The van der Waals surface area contributed by atoms with Gasteiger partial charge < -0.3 is 0 Å². The molecular weight excluding hydrogens is 356 g/mol. The van der Waals surface area contributed by atoms with E-state index >= 15 is 0 Å². The van der Waals surface area contributed by atoms with Crippen LogP contribution in [0.3, 0.4) is 0 Å². The van der Waals surface area contributed by atoms with Crippen LogP contribution in [0.2, 0.25) is 0 Å². The van der Waals surface area contributed by atoms with Crippen molar-refractivity contribution in [1.29, 1.82) is 0 Å². The zero-order valence-electron chi connectivity index (χ0n) is 13.0. The normalized spacial score (nSPS) is 10.1.